The quantitative estimate of drug-likeness (QED) is 0.534. The van der Waals surface area contributed by atoms with Gasteiger partial charge in [-0.05, 0) is 30.5 Å². The molecule has 1 aromatic heterocycles. The van der Waals surface area contributed by atoms with Gasteiger partial charge in [0, 0.05) is 51.1 Å². The SMILES string of the molecule is COc1cnc2cccc(C(O)CN3CCN(CC(O)C4=COC=C(CC5=CC=CCC5)O4)CC3)c2c1. The summed E-state index contributed by atoms with van der Waals surface area (Å²) in [7, 11) is 1.62. The van der Waals surface area contributed by atoms with Gasteiger partial charge in [0.15, 0.2) is 5.76 Å². The molecule has 2 aliphatic heterocycles. The van der Waals surface area contributed by atoms with E-state index in [2.05, 4.69) is 33.0 Å². The highest BCUT2D eigenvalue weighted by molar-refractivity contribution is 5.83. The van der Waals surface area contributed by atoms with Crippen LogP contribution in [0.25, 0.3) is 10.9 Å². The minimum Gasteiger partial charge on any atom is -0.495 e. The zero-order chi connectivity index (χ0) is 25.6. The summed E-state index contributed by atoms with van der Waals surface area (Å²) in [4.78, 5) is 8.91. The molecule has 2 atom stereocenters. The highest BCUT2D eigenvalue weighted by Gasteiger charge is 2.26. The van der Waals surface area contributed by atoms with Crippen LogP contribution < -0.4 is 4.74 Å². The number of ether oxygens (including phenoxy) is 3. The number of rotatable bonds is 9. The van der Waals surface area contributed by atoms with Crippen LogP contribution in [0.15, 0.2) is 78.3 Å². The lowest BCUT2D eigenvalue weighted by molar-refractivity contribution is 0.0391. The van der Waals surface area contributed by atoms with E-state index in [-0.39, 0.29) is 0 Å². The van der Waals surface area contributed by atoms with Crippen molar-refractivity contribution >= 4 is 10.9 Å². The van der Waals surface area contributed by atoms with Crippen molar-refractivity contribution in [1.29, 1.82) is 0 Å². The molecule has 0 saturated carbocycles. The van der Waals surface area contributed by atoms with Gasteiger partial charge in [0.1, 0.15) is 30.1 Å². The maximum Gasteiger partial charge on any atom is 0.168 e. The van der Waals surface area contributed by atoms with Crippen molar-refractivity contribution < 1.29 is 24.4 Å². The van der Waals surface area contributed by atoms with E-state index in [4.69, 9.17) is 14.2 Å². The summed E-state index contributed by atoms with van der Waals surface area (Å²) >= 11 is 0. The smallest absolute Gasteiger partial charge is 0.168 e. The molecule has 2 aromatic rings. The molecule has 2 unspecified atom stereocenters. The molecule has 2 N–H and O–H groups in total. The van der Waals surface area contributed by atoms with Gasteiger partial charge >= 0.3 is 0 Å². The van der Waals surface area contributed by atoms with Crippen molar-refractivity contribution in [2.75, 3.05) is 46.4 Å². The number of fused-ring (bicyclic) bond motifs is 1. The number of piperazine rings is 1. The molecule has 0 amide bonds. The van der Waals surface area contributed by atoms with Crippen molar-refractivity contribution in [1.82, 2.24) is 14.8 Å². The summed E-state index contributed by atoms with van der Waals surface area (Å²) in [6, 6.07) is 7.74. The van der Waals surface area contributed by atoms with Gasteiger partial charge in [0.2, 0.25) is 0 Å². The Bertz CT molecular complexity index is 1210. The molecule has 1 aromatic carbocycles. The fraction of sp³-hybridized carbons (Fsp3) is 0.414. The molecule has 0 spiro atoms. The third kappa shape index (κ3) is 6.40. The molecule has 1 aliphatic carbocycles. The van der Waals surface area contributed by atoms with E-state index in [1.807, 2.05) is 24.3 Å². The Labute approximate surface area is 217 Å². The van der Waals surface area contributed by atoms with E-state index < -0.39 is 12.2 Å². The summed E-state index contributed by atoms with van der Waals surface area (Å²) in [5.41, 5.74) is 2.99. The minimum absolute atomic E-state index is 0.447. The Hall–Kier alpha value is -3.17. The number of aliphatic hydroxyl groups is 2. The van der Waals surface area contributed by atoms with Gasteiger partial charge in [0.25, 0.3) is 0 Å². The number of allylic oxidation sites excluding steroid dienone is 4. The zero-order valence-corrected chi connectivity index (χ0v) is 21.3. The molecule has 1 saturated heterocycles. The molecule has 5 rings (SSSR count). The largest absolute Gasteiger partial charge is 0.495 e. The van der Waals surface area contributed by atoms with Crippen molar-refractivity contribution in [2.24, 2.45) is 0 Å². The number of aromatic nitrogens is 1. The second-order valence-corrected chi connectivity index (χ2v) is 9.73. The fourth-order valence-electron chi connectivity index (χ4n) is 5.01. The number of β-amino-alcohol motifs (C(OH)–C–C–N with tert-alkyl or cyclic N) is 2. The molecule has 196 valence electrons. The van der Waals surface area contributed by atoms with E-state index >= 15 is 0 Å². The predicted octanol–water partition coefficient (Wildman–Crippen LogP) is 3.65. The van der Waals surface area contributed by atoms with Crippen molar-refractivity contribution in [3.8, 4) is 5.75 Å². The van der Waals surface area contributed by atoms with E-state index in [1.165, 1.54) is 11.8 Å². The third-order valence-corrected chi connectivity index (χ3v) is 7.12. The van der Waals surface area contributed by atoms with Gasteiger partial charge in [-0.25, -0.2) is 0 Å². The summed E-state index contributed by atoms with van der Waals surface area (Å²) < 4.78 is 16.8. The van der Waals surface area contributed by atoms with Crippen molar-refractivity contribution in [3.63, 3.8) is 0 Å². The molecule has 37 heavy (non-hydrogen) atoms. The molecule has 0 radical (unpaired) electrons. The Kier molecular flexibility index (Phi) is 8.21. The number of methoxy groups -OCH3 is 1. The van der Waals surface area contributed by atoms with Gasteiger partial charge in [-0.3, -0.25) is 14.8 Å². The minimum atomic E-state index is -0.765. The molecular formula is C29H35N3O5. The second-order valence-electron chi connectivity index (χ2n) is 9.73. The molecule has 8 nitrogen and oxygen atoms in total. The summed E-state index contributed by atoms with van der Waals surface area (Å²) in [6.07, 6.45) is 12.5. The summed E-state index contributed by atoms with van der Waals surface area (Å²) in [6.45, 7) is 4.21. The zero-order valence-electron chi connectivity index (χ0n) is 21.3. The lowest BCUT2D eigenvalue weighted by Gasteiger charge is -2.36. The standard InChI is InChI=1S/C29H35N3O5/c1-35-22-15-25-24(8-5-9-26(25)30-16-22)27(33)17-31-10-12-32(13-11-31)18-28(34)29-20-36-19-23(37-29)14-21-6-3-2-4-7-21/h2-3,5-6,8-9,15-16,19-20,27-28,33-34H,4,7,10-14,17-18H2,1H3. The molecule has 3 heterocycles. The molecule has 0 bridgehead atoms. The number of hydrogen-bond donors (Lipinski definition) is 2. The number of hydrogen-bond acceptors (Lipinski definition) is 8. The number of benzene rings is 1. The van der Waals surface area contributed by atoms with Crippen molar-refractivity contribution in [2.45, 2.75) is 31.5 Å². The number of nitrogens with zero attached hydrogens (tertiary/aromatic N) is 3. The maximum atomic E-state index is 11.0. The Morgan fingerprint density at radius 1 is 1.05 bits per heavy atom. The van der Waals surface area contributed by atoms with Crippen LogP contribution in [-0.4, -0.2) is 77.5 Å². The van der Waals surface area contributed by atoms with Crippen LogP contribution in [-0.2, 0) is 9.47 Å². The molecular weight excluding hydrogens is 470 g/mol. The highest BCUT2D eigenvalue weighted by atomic mass is 16.6. The highest BCUT2D eigenvalue weighted by Crippen LogP contribution is 2.28. The van der Waals surface area contributed by atoms with Crippen LogP contribution in [0.3, 0.4) is 0 Å². The first-order valence-corrected chi connectivity index (χ1v) is 12.9. The van der Waals surface area contributed by atoms with Gasteiger partial charge in [-0.1, -0.05) is 35.9 Å². The Morgan fingerprint density at radius 2 is 1.84 bits per heavy atom. The first-order chi connectivity index (χ1) is 18.1. The molecule has 1 fully saturated rings. The van der Waals surface area contributed by atoms with Gasteiger partial charge in [-0.2, -0.15) is 0 Å². The van der Waals surface area contributed by atoms with Crippen LogP contribution in [0.1, 0.15) is 30.9 Å². The van der Waals surface area contributed by atoms with E-state index in [9.17, 15) is 10.2 Å². The third-order valence-electron chi connectivity index (χ3n) is 7.12. The second kappa shape index (κ2) is 11.9. The fourth-order valence-corrected chi connectivity index (χ4v) is 5.01. The lowest BCUT2D eigenvalue weighted by atomic mass is 10.0. The number of pyridine rings is 1. The molecule has 8 heteroatoms. The topological polar surface area (TPSA) is 87.5 Å². The van der Waals surface area contributed by atoms with Gasteiger partial charge in [0.05, 0.1) is 24.9 Å². The Morgan fingerprint density at radius 3 is 2.57 bits per heavy atom. The van der Waals surface area contributed by atoms with Crippen molar-refractivity contribution in [3.05, 3.63) is 83.9 Å². The summed E-state index contributed by atoms with van der Waals surface area (Å²) in [5.74, 6) is 1.84. The average molecular weight is 506 g/mol. The van der Waals surface area contributed by atoms with E-state index in [0.717, 1.165) is 61.2 Å². The van der Waals surface area contributed by atoms with E-state index in [1.54, 1.807) is 19.6 Å². The van der Waals surface area contributed by atoms with Crippen LogP contribution in [0.5, 0.6) is 5.75 Å². The molecule has 3 aliphatic rings. The van der Waals surface area contributed by atoms with Crippen LogP contribution in [0.2, 0.25) is 0 Å². The predicted molar refractivity (Wildman–Crippen MR) is 142 cm³/mol. The first-order valence-electron chi connectivity index (χ1n) is 12.9. The van der Waals surface area contributed by atoms with Crippen LogP contribution in [0.4, 0.5) is 0 Å². The normalized spacial score (nSPS) is 20.4. The monoisotopic (exact) mass is 505 g/mol. The lowest BCUT2D eigenvalue weighted by Crippen LogP contribution is -2.49. The van der Waals surface area contributed by atoms with Gasteiger partial charge < -0.3 is 24.4 Å². The van der Waals surface area contributed by atoms with E-state index in [0.29, 0.717) is 31.0 Å². The Balaban J connectivity index is 1.10. The first kappa shape index (κ1) is 25.5. The van der Waals surface area contributed by atoms with Gasteiger partial charge in [-0.15, -0.1) is 0 Å². The average Bonchev–Trinajstić information content (AvgIpc) is 2.94. The number of aliphatic hydroxyl groups excluding tert-OH is 2. The van der Waals surface area contributed by atoms with Crippen LogP contribution in [0, 0.1) is 0 Å². The summed E-state index contributed by atoms with van der Waals surface area (Å²) in [5, 5.41) is 22.8. The maximum absolute atomic E-state index is 11.0. The van der Waals surface area contributed by atoms with Crippen LogP contribution >= 0.6 is 0 Å².